The van der Waals surface area contributed by atoms with Crippen LogP contribution in [0.15, 0.2) is 41.5 Å². The van der Waals surface area contributed by atoms with Crippen molar-refractivity contribution >= 4 is 11.8 Å². The minimum Gasteiger partial charge on any atom is -0.456 e. The van der Waals surface area contributed by atoms with E-state index in [1.807, 2.05) is 0 Å². The number of nitrogens with zero attached hydrogens (tertiary/aromatic N) is 2. The number of alkyl halides is 1. The Hall–Kier alpha value is -2.94. The Labute approximate surface area is 165 Å². The lowest BCUT2D eigenvalue weighted by molar-refractivity contribution is -0.0705. The van der Waals surface area contributed by atoms with Crippen molar-refractivity contribution in [1.29, 1.82) is 0 Å². The Bertz CT molecular complexity index is 936. The predicted octanol–water partition coefficient (Wildman–Crippen LogP) is 2.70. The quantitative estimate of drug-likeness (QED) is 0.744. The summed E-state index contributed by atoms with van der Waals surface area (Å²) in [6.07, 6.45) is -1.15. The maximum Gasteiger partial charge on any atom is 0.283 e. The van der Waals surface area contributed by atoms with Crippen molar-refractivity contribution in [2.75, 3.05) is 13.8 Å². The molecule has 2 heterocycles. The molecule has 0 saturated heterocycles. The largest absolute Gasteiger partial charge is 0.456 e. The number of amidine groups is 1. The molecule has 9 heteroatoms. The zero-order valence-corrected chi connectivity index (χ0v) is 15.9. The van der Waals surface area contributed by atoms with Crippen LogP contribution in [0, 0.1) is 11.6 Å². The molecule has 29 heavy (non-hydrogen) atoms. The highest BCUT2D eigenvalue weighted by molar-refractivity contribution is 5.95. The van der Waals surface area contributed by atoms with Crippen molar-refractivity contribution in [3.63, 3.8) is 0 Å². The first-order chi connectivity index (χ1) is 13.8. The number of methoxy groups -OCH3 is 1. The Kier molecular flexibility index (Phi) is 5.88. The molecule has 1 aromatic heterocycles. The van der Waals surface area contributed by atoms with Gasteiger partial charge in [-0.2, -0.15) is 0 Å². The molecule has 0 saturated carbocycles. The summed E-state index contributed by atoms with van der Waals surface area (Å²) in [4.78, 5) is 20.4. The van der Waals surface area contributed by atoms with Crippen LogP contribution in [0.2, 0.25) is 0 Å². The van der Waals surface area contributed by atoms with Crippen LogP contribution in [0.4, 0.5) is 13.2 Å². The van der Waals surface area contributed by atoms with E-state index in [4.69, 9.17) is 15.2 Å². The van der Waals surface area contributed by atoms with Crippen LogP contribution in [-0.2, 0) is 21.4 Å². The van der Waals surface area contributed by atoms with Gasteiger partial charge in [0.1, 0.15) is 35.6 Å². The second-order valence-electron chi connectivity index (χ2n) is 6.84. The number of hydrogen-bond donors (Lipinski definition) is 1. The molecule has 1 aromatic carbocycles. The van der Waals surface area contributed by atoms with Crippen LogP contribution in [0.5, 0.6) is 0 Å². The molecular weight excluding hydrogens is 387 g/mol. The first kappa shape index (κ1) is 20.8. The number of ether oxygens (including phenoxy) is 2. The molecule has 6 nitrogen and oxygen atoms in total. The number of halogens is 3. The van der Waals surface area contributed by atoms with Gasteiger partial charge in [-0.3, -0.25) is 9.78 Å². The van der Waals surface area contributed by atoms with Gasteiger partial charge in [-0.1, -0.05) is 6.07 Å². The van der Waals surface area contributed by atoms with Crippen LogP contribution >= 0.6 is 0 Å². The van der Waals surface area contributed by atoms with Gasteiger partial charge in [0.05, 0.1) is 6.20 Å². The molecule has 0 spiro atoms. The monoisotopic (exact) mass is 407 g/mol. The fourth-order valence-corrected chi connectivity index (χ4v) is 3.49. The van der Waals surface area contributed by atoms with E-state index in [0.29, 0.717) is 5.56 Å². The van der Waals surface area contributed by atoms with Gasteiger partial charge < -0.3 is 15.2 Å². The number of Topliss-reactive ketones (excluding diaryl/α,β-unsaturated/α-hetero) is 1. The average Bonchev–Trinajstić information content (AvgIpc) is 2.69. The molecule has 154 valence electrons. The van der Waals surface area contributed by atoms with Crippen LogP contribution in [0.3, 0.4) is 0 Å². The van der Waals surface area contributed by atoms with Gasteiger partial charge in [-0.15, -0.1) is 0 Å². The average molecular weight is 407 g/mol. The summed E-state index contributed by atoms with van der Waals surface area (Å²) in [7, 11) is 1.34. The van der Waals surface area contributed by atoms with Crippen molar-refractivity contribution < 1.29 is 27.4 Å². The third-order valence-corrected chi connectivity index (χ3v) is 4.87. The Morgan fingerprint density at radius 2 is 2.07 bits per heavy atom. The van der Waals surface area contributed by atoms with E-state index in [1.54, 1.807) is 6.92 Å². The Balaban J connectivity index is 1.97. The topological polar surface area (TPSA) is 86.8 Å². The molecule has 1 aliphatic rings. The number of ketones is 1. The van der Waals surface area contributed by atoms with E-state index in [0.717, 1.165) is 12.3 Å². The number of aliphatic imine (C=N–C) groups is 1. The molecule has 2 N–H and O–H groups in total. The number of aromatic nitrogens is 1. The maximum atomic E-state index is 14.7. The number of carbonyl (C=O) groups is 1. The van der Waals surface area contributed by atoms with E-state index in [1.165, 1.54) is 31.4 Å². The molecule has 3 rings (SSSR count). The lowest BCUT2D eigenvalue weighted by atomic mass is 9.82. The Morgan fingerprint density at radius 3 is 2.69 bits per heavy atom. The summed E-state index contributed by atoms with van der Waals surface area (Å²) in [6.45, 7) is 0.658. The third-order valence-electron chi connectivity index (χ3n) is 4.87. The van der Waals surface area contributed by atoms with Crippen LogP contribution in [0.25, 0.3) is 0 Å². The molecule has 0 fully saturated rings. The fourth-order valence-electron chi connectivity index (χ4n) is 3.49. The molecule has 0 unspecified atom stereocenters. The first-order valence-electron chi connectivity index (χ1n) is 8.83. The SMILES string of the molecule is CO[C@H]1[C@@H](CF)OC(N)=N[C@]1(C)c1cc(CC(=O)c2ccc(F)cn2)ccc1F. The minimum absolute atomic E-state index is 0.0871. The van der Waals surface area contributed by atoms with Crippen molar-refractivity contribution in [2.24, 2.45) is 10.7 Å². The summed E-state index contributed by atoms with van der Waals surface area (Å²) in [5, 5.41) is 0. The number of benzene rings is 1. The number of carbonyl (C=O) groups excluding carboxylic acids is 1. The van der Waals surface area contributed by atoms with E-state index in [-0.39, 0.29) is 29.5 Å². The highest BCUT2D eigenvalue weighted by atomic mass is 19.1. The number of hydrogen-bond acceptors (Lipinski definition) is 6. The number of pyridine rings is 1. The molecule has 0 radical (unpaired) electrons. The highest BCUT2D eigenvalue weighted by Crippen LogP contribution is 2.38. The van der Waals surface area contributed by atoms with Gasteiger partial charge >= 0.3 is 0 Å². The summed E-state index contributed by atoms with van der Waals surface area (Å²) in [5.74, 6) is -1.53. The second kappa shape index (κ2) is 8.20. The van der Waals surface area contributed by atoms with Crippen molar-refractivity contribution in [3.05, 3.63) is 65.0 Å². The standard InChI is InChI=1S/C20H20F3N3O3/c1-20(18(28-2)17(9-21)29-19(24)26-20)13-7-11(3-5-14(13)23)8-16(27)15-6-4-12(22)10-25-15/h3-7,10,17-18H,8-9H2,1-2H3,(H2,24,26)/t17-,18+,20-/m1/s1. The second-order valence-corrected chi connectivity index (χ2v) is 6.84. The summed E-state index contributed by atoms with van der Waals surface area (Å²) in [6, 6.07) is 6.24. The van der Waals surface area contributed by atoms with Crippen molar-refractivity contribution in [3.8, 4) is 0 Å². The van der Waals surface area contributed by atoms with Gasteiger partial charge in [-0.05, 0) is 36.8 Å². The maximum absolute atomic E-state index is 14.7. The van der Waals surface area contributed by atoms with E-state index >= 15 is 0 Å². The molecular formula is C20H20F3N3O3. The third kappa shape index (κ3) is 4.09. The van der Waals surface area contributed by atoms with Gasteiger partial charge in [0, 0.05) is 19.1 Å². The van der Waals surface area contributed by atoms with Gasteiger partial charge in [-0.25, -0.2) is 18.2 Å². The molecule has 0 aliphatic carbocycles. The lowest BCUT2D eigenvalue weighted by Gasteiger charge is -2.41. The normalized spacial score (nSPS) is 24.0. The highest BCUT2D eigenvalue weighted by Gasteiger charge is 2.47. The van der Waals surface area contributed by atoms with Crippen LogP contribution < -0.4 is 5.73 Å². The lowest BCUT2D eigenvalue weighted by Crippen LogP contribution is -2.53. The van der Waals surface area contributed by atoms with Crippen LogP contribution in [-0.4, -0.2) is 42.8 Å². The van der Waals surface area contributed by atoms with Gasteiger partial charge in [0.2, 0.25) is 0 Å². The van der Waals surface area contributed by atoms with E-state index in [2.05, 4.69) is 9.98 Å². The van der Waals surface area contributed by atoms with Gasteiger partial charge in [0.15, 0.2) is 11.9 Å². The summed E-state index contributed by atoms with van der Waals surface area (Å²) < 4.78 is 51.7. The molecule has 0 bridgehead atoms. The molecule has 2 aromatic rings. The smallest absolute Gasteiger partial charge is 0.283 e. The van der Waals surface area contributed by atoms with Gasteiger partial charge in [0.25, 0.3) is 6.02 Å². The fraction of sp³-hybridized carbons (Fsp3) is 0.350. The van der Waals surface area contributed by atoms with E-state index in [9.17, 15) is 18.0 Å². The summed E-state index contributed by atoms with van der Waals surface area (Å²) >= 11 is 0. The molecule has 3 atom stereocenters. The zero-order chi connectivity index (χ0) is 21.2. The van der Waals surface area contributed by atoms with E-state index < -0.39 is 36.1 Å². The van der Waals surface area contributed by atoms with Crippen LogP contribution in [0.1, 0.15) is 28.5 Å². The predicted molar refractivity (Wildman–Crippen MR) is 99.2 cm³/mol. The van der Waals surface area contributed by atoms with Crippen molar-refractivity contribution in [1.82, 2.24) is 4.98 Å². The minimum atomic E-state index is -1.37. The zero-order valence-electron chi connectivity index (χ0n) is 15.9. The Morgan fingerprint density at radius 1 is 1.31 bits per heavy atom. The summed E-state index contributed by atoms with van der Waals surface area (Å²) in [5.41, 5.74) is 4.96. The van der Waals surface area contributed by atoms with Crippen molar-refractivity contribution in [2.45, 2.75) is 31.1 Å². The molecule has 1 aliphatic heterocycles. The molecule has 0 amide bonds. The number of nitrogens with two attached hydrogens (primary N) is 1. The number of rotatable bonds is 6. The first-order valence-corrected chi connectivity index (χ1v) is 8.83.